The van der Waals surface area contributed by atoms with Gasteiger partial charge in [0.2, 0.25) is 0 Å². The standard InChI is InChI=1S/C13H18FNO/c1-9-4-3-5-11(9)15-12-7-6-10(14)8-13(12)16-2/h6-9,11,15H,3-5H2,1-2H3. The highest BCUT2D eigenvalue weighted by Crippen LogP contribution is 2.32. The lowest BCUT2D eigenvalue weighted by molar-refractivity contribution is 0.411. The van der Waals surface area contributed by atoms with Gasteiger partial charge in [0.25, 0.3) is 0 Å². The summed E-state index contributed by atoms with van der Waals surface area (Å²) in [6.45, 7) is 2.25. The third-order valence-corrected chi connectivity index (χ3v) is 3.37. The molecule has 1 aromatic carbocycles. The fraction of sp³-hybridized carbons (Fsp3) is 0.538. The van der Waals surface area contributed by atoms with E-state index >= 15 is 0 Å². The maximum Gasteiger partial charge on any atom is 0.144 e. The summed E-state index contributed by atoms with van der Waals surface area (Å²) < 4.78 is 18.2. The minimum Gasteiger partial charge on any atom is -0.494 e. The summed E-state index contributed by atoms with van der Waals surface area (Å²) in [4.78, 5) is 0. The van der Waals surface area contributed by atoms with Gasteiger partial charge in [0.1, 0.15) is 11.6 Å². The van der Waals surface area contributed by atoms with E-state index in [-0.39, 0.29) is 5.82 Å². The van der Waals surface area contributed by atoms with Crippen LogP contribution in [0.4, 0.5) is 10.1 Å². The third kappa shape index (κ3) is 2.29. The van der Waals surface area contributed by atoms with Crippen LogP contribution in [0.1, 0.15) is 26.2 Å². The van der Waals surface area contributed by atoms with Gasteiger partial charge in [0.05, 0.1) is 12.8 Å². The molecule has 1 fully saturated rings. The van der Waals surface area contributed by atoms with Crippen molar-refractivity contribution in [3.63, 3.8) is 0 Å². The van der Waals surface area contributed by atoms with Crippen LogP contribution in [0.15, 0.2) is 18.2 Å². The second kappa shape index (κ2) is 4.73. The van der Waals surface area contributed by atoms with E-state index in [0.29, 0.717) is 17.7 Å². The molecule has 88 valence electrons. The van der Waals surface area contributed by atoms with Crippen LogP contribution in [-0.2, 0) is 0 Å². The quantitative estimate of drug-likeness (QED) is 0.847. The number of hydrogen-bond acceptors (Lipinski definition) is 2. The number of nitrogens with one attached hydrogen (secondary N) is 1. The summed E-state index contributed by atoms with van der Waals surface area (Å²) in [5.41, 5.74) is 0.891. The second-order valence-corrected chi connectivity index (χ2v) is 4.50. The van der Waals surface area contributed by atoms with Crippen molar-refractivity contribution in [3.8, 4) is 5.75 Å². The van der Waals surface area contributed by atoms with Crippen molar-refractivity contribution in [2.45, 2.75) is 32.2 Å². The highest BCUT2D eigenvalue weighted by atomic mass is 19.1. The molecule has 1 aromatic rings. The van der Waals surface area contributed by atoms with Crippen molar-refractivity contribution in [1.82, 2.24) is 0 Å². The number of anilines is 1. The van der Waals surface area contributed by atoms with Crippen LogP contribution in [0.25, 0.3) is 0 Å². The van der Waals surface area contributed by atoms with Gasteiger partial charge in [-0.15, -0.1) is 0 Å². The van der Waals surface area contributed by atoms with Gasteiger partial charge in [0.15, 0.2) is 0 Å². The smallest absolute Gasteiger partial charge is 0.144 e. The molecule has 1 aliphatic carbocycles. The molecule has 0 bridgehead atoms. The largest absolute Gasteiger partial charge is 0.494 e. The number of benzene rings is 1. The molecule has 16 heavy (non-hydrogen) atoms. The summed E-state index contributed by atoms with van der Waals surface area (Å²) in [6, 6.07) is 5.12. The Morgan fingerprint density at radius 3 is 2.81 bits per heavy atom. The van der Waals surface area contributed by atoms with E-state index in [1.165, 1.54) is 31.4 Å². The van der Waals surface area contributed by atoms with Gasteiger partial charge in [-0.25, -0.2) is 4.39 Å². The first-order valence-corrected chi connectivity index (χ1v) is 5.81. The molecule has 0 amide bonds. The van der Waals surface area contributed by atoms with Crippen LogP contribution in [0.3, 0.4) is 0 Å². The molecule has 0 saturated heterocycles. The lowest BCUT2D eigenvalue weighted by atomic mass is 10.1. The Bertz CT molecular complexity index is 367. The normalized spacial score (nSPS) is 24.4. The van der Waals surface area contributed by atoms with Crippen LogP contribution < -0.4 is 10.1 Å². The van der Waals surface area contributed by atoms with Crippen molar-refractivity contribution in [2.24, 2.45) is 5.92 Å². The van der Waals surface area contributed by atoms with Gasteiger partial charge >= 0.3 is 0 Å². The number of ether oxygens (including phenoxy) is 1. The molecule has 3 heteroatoms. The topological polar surface area (TPSA) is 21.3 Å². The van der Waals surface area contributed by atoms with Gasteiger partial charge < -0.3 is 10.1 Å². The lowest BCUT2D eigenvalue weighted by Crippen LogP contribution is -2.22. The van der Waals surface area contributed by atoms with E-state index < -0.39 is 0 Å². The van der Waals surface area contributed by atoms with Crippen LogP contribution >= 0.6 is 0 Å². The SMILES string of the molecule is COc1cc(F)ccc1NC1CCCC1C. The Morgan fingerprint density at radius 1 is 1.38 bits per heavy atom. The molecule has 2 rings (SSSR count). The molecule has 0 heterocycles. The Kier molecular flexibility index (Phi) is 3.32. The Hall–Kier alpha value is -1.25. The Balaban J connectivity index is 2.14. The Morgan fingerprint density at radius 2 is 2.19 bits per heavy atom. The van der Waals surface area contributed by atoms with Gasteiger partial charge in [-0.3, -0.25) is 0 Å². The first kappa shape index (κ1) is 11.2. The van der Waals surface area contributed by atoms with Crippen molar-refractivity contribution >= 4 is 5.69 Å². The predicted octanol–water partition coefficient (Wildman–Crippen LogP) is 3.43. The highest BCUT2D eigenvalue weighted by molar-refractivity contribution is 5.57. The summed E-state index contributed by atoms with van der Waals surface area (Å²) in [7, 11) is 1.57. The molecular formula is C13H18FNO. The first-order valence-electron chi connectivity index (χ1n) is 5.81. The van der Waals surface area contributed by atoms with Crippen molar-refractivity contribution in [2.75, 3.05) is 12.4 Å². The lowest BCUT2D eigenvalue weighted by Gasteiger charge is -2.20. The molecule has 1 aliphatic rings. The summed E-state index contributed by atoms with van der Waals surface area (Å²) in [6.07, 6.45) is 3.71. The van der Waals surface area contributed by atoms with E-state index in [9.17, 15) is 4.39 Å². The van der Waals surface area contributed by atoms with Crippen LogP contribution in [0, 0.1) is 11.7 Å². The fourth-order valence-electron chi connectivity index (χ4n) is 2.34. The monoisotopic (exact) mass is 223 g/mol. The second-order valence-electron chi connectivity index (χ2n) is 4.50. The molecular weight excluding hydrogens is 205 g/mol. The minimum atomic E-state index is -0.262. The van der Waals surface area contributed by atoms with Gasteiger partial charge in [-0.05, 0) is 30.9 Å². The molecule has 2 unspecified atom stereocenters. The first-order chi connectivity index (χ1) is 7.70. The summed E-state index contributed by atoms with van der Waals surface area (Å²) in [5, 5.41) is 3.45. The zero-order chi connectivity index (χ0) is 11.5. The average molecular weight is 223 g/mol. The van der Waals surface area contributed by atoms with Crippen molar-refractivity contribution < 1.29 is 9.13 Å². The molecule has 1 saturated carbocycles. The van der Waals surface area contributed by atoms with Crippen LogP contribution in [0.2, 0.25) is 0 Å². The predicted molar refractivity (Wildman–Crippen MR) is 63.4 cm³/mol. The molecule has 0 spiro atoms. The third-order valence-electron chi connectivity index (χ3n) is 3.37. The number of rotatable bonds is 3. The summed E-state index contributed by atoms with van der Waals surface area (Å²) in [5.74, 6) is 0.996. The van der Waals surface area contributed by atoms with Gasteiger partial charge in [0, 0.05) is 12.1 Å². The van der Waals surface area contributed by atoms with Crippen molar-refractivity contribution in [3.05, 3.63) is 24.0 Å². The molecule has 0 aliphatic heterocycles. The van der Waals surface area contributed by atoms with E-state index in [2.05, 4.69) is 12.2 Å². The van der Waals surface area contributed by atoms with E-state index in [1.807, 2.05) is 0 Å². The average Bonchev–Trinajstić information content (AvgIpc) is 2.67. The highest BCUT2D eigenvalue weighted by Gasteiger charge is 2.23. The number of halogens is 1. The van der Waals surface area contributed by atoms with E-state index in [0.717, 1.165) is 5.69 Å². The van der Waals surface area contributed by atoms with Crippen LogP contribution in [-0.4, -0.2) is 13.2 Å². The minimum absolute atomic E-state index is 0.262. The maximum atomic E-state index is 13.0. The van der Waals surface area contributed by atoms with Crippen LogP contribution in [0.5, 0.6) is 5.75 Å². The maximum absolute atomic E-state index is 13.0. The van der Waals surface area contributed by atoms with Gasteiger partial charge in [-0.2, -0.15) is 0 Å². The molecule has 1 N–H and O–H groups in total. The zero-order valence-electron chi connectivity index (χ0n) is 9.79. The summed E-state index contributed by atoms with van der Waals surface area (Å²) >= 11 is 0. The number of hydrogen-bond donors (Lipinski definition) is 1. The van der Waals surface area contributed by atoms with Gasteiger partial charge in [-0.1, -0.05) is 13.3 Å². The van der Waals surface area contributed by atoms with E-state index in [4.69, 9.17) is 4.74 Å². The molecule has 0 aromatic heterocycles. The fourth-order valence-corrected chi connectivity index (χ4v) is 2.34. The molecule has 2 atom stereocenters. The zero-order valence-corrected chi connectivity index (χ0v) is 9.79. The molecule has 0 radical (unpaired) electrons. The molecule has 2 nitrogen and oxygen atoms in total. The van der Waals surface area contributed by atoms with E-state index in [1.54, 1.807) is 13.2 Å². The Labute approximate surface area is 95.8 Å². The van der Waals surface area contributed by atoms with Crippen molar-refractivity contribution in [1.29, 1.82) is 0 Å². The number of methoxy groups -OCH3 is 1.